The van der Waals surface area contributed by atoms with Gasteiger partial charge in [-0.3, -0.25) is 0 Å². The SMILES string of the molecule is C=C(C)SCc1cc(N)ccc1Oc1cc(CC(OC)=C2CCC2)ccc1OC. The molecule has 0 atom stereocenters. The first-order chi connectivity index (χ1) is 14.0. The Kier molecular flexibility index (Phi) is 7.15. The molecule has 0 aromatic heterocycles. The van der Waals surface area contributed by atoms with Crippen LogP contribution in [0.4, 0.5) is 5.69 Å². The molecule has 0 bridgehead atoms. The van der Waals surface area contributed by atoms with E-state index in [-0.39, 0.29) is 0 Å². The Morgan fingerprint density at radius 2 is 1.83 bits per heavy atom. The summed E-state index contributed by atoms with van der Waals surface area (Å²) < 4.78 is 17.5. The third-order valence-corrected chi connectivity index (χ3v) is 5.92. The lowest BCUT2D eigenvalue weighted by atomic mass is 9.89. The molecule has 0 saturated heterocycles. The number of nitrogens with two attached hydrogens (primary N) is 1. The van der Waals surface area contributed by atoms with Crippen molar-refractivity contribution in [1.82, 2.24) is 0 Å². The first-order valence-corrected chi connectivity index (χ1v) is 10.7. The van der Waals surface area contributed by atoms with Gasteiger partial charge in [0, 0.05) is 23.4 Å². The Hall–Kier alpha value is -2.53. The summed E-state index contributed by atoms with van der Waals surface area (Å²) in [5, 5.41) is 0. The van der Waals surface area contributed by atoms with E-state index in [0.717, 1.165) is 52.6 Å². The van der Waals surface area contributed by atoms with Crippen LogP contribution in [0.25, 0.3) is 0 Å². The van der Waals surface area contributed by atoms with Gasteiger partial charge in [0.1, 0.15) is 5.75 Å². The smallest absolute Gasteiger partial charge is 0.169 e. The molecular formula is C24H29NO3S. The van der Waals surface area contributed by atoms with Crippen molar-refractivity contribution in [3.8, 4) is 17.2 Å². The van der Waals surface area contributed by atoms with Gasteiger partial charge in [-0.2, -0.15) is 0 Å². The number of nitrogen functional groups attached to an aromatic ring is 1. The van der Waals surface area contributed by atoms with E-state index < -0.39 is 0 Å². The zero-order valence-electron chi connectivity index (χ0n) is 17.4. The summed E-state index contributed by atoms with van der Waals surface area (Å²) in [4.78, 5) is 1.05. The van der Waals surface area contributed by atoms with E-state index in [2.05, 4.69) is 12.6 Å². The highest BCUT2D eigenvalue weighted by atomic mass is 32.2. The quantitative estimate of drug-likeness (QED) is 0.379. The maximum absolute atomic E-state index is 6.30. The molecule has 1 aliphatic carbocycles. The van der Waals surface area contributed by atoms with Gasteiger partial charge in [0.15, 0.2) is 11.5 Å². The average molecular weight is 412 g/mol. The minimum atomic E-state index is 0.686. The predicted molar refractivity (Wildman–Crippen MR) is 122 cm³/mol. The van der Waals surface area contributed by atoms with Crippen LogP contribution in [-0.4, -0.2) is 14.2 Å². The topological polar surface area (TPSA) is 53.7 Å². The van der Waals surface area contributed by atoms with E-state index in [4.69, 9.17) is 19.9 Å². The van der Waals surface area contributed by atoms with E-state index in [1.165, 1.54) is 12.0 Å². The van der Waals surface area contributed by atoms with Crippen molar-refractivity contribution >= 4 is 17.4 Å². The monoisotopic (exact) mass is 411 g/mol. The minimum Gasteiger partial charge on any atom is -0.501 e. The molecule has 5 heteroatoms. The van der Waals surface area contributed by atoms with Gasteiger partial charge in [-0.25, -0.2) is 0 Å². The highest BCUT2D eigenvalue weighted by Crippen LogP contribution is 2.37. The zero-order valence-corrected chi connectivity index (χ0v) is 18.2. The number of thioether (sulfide) groups is 1. The molecule has 3 rings (SSSR count). The van der Waals surface area contributed by atoms with E-state index in [0.29, 0.717) is 17.2 Å². The van der Waals surface area contributed by atoms with Crippen LogP contribution in [0.2, 0.25) is 0 Å². The number of hydrogen-bond donors (Lipinski definition) is 1. The number of allylic oxidation sites excluding steroid dienone is 3. The second-order valence-corrected chi connectivity index (χ2v) is 8.48. The molecule has 0 amide bonds. The molecule has 2 N–H and O–H groups in total. The lowest BCUT2D eigenvalue weighted by molar-refractivity contribution is 0.270. The number of ether oxygens (including phenoxy) is 3. The van der Waals surface area contributed by atoms with Gasteiger partial charge in [-0.1, -0.05) is 12.6 Å². The van der Waals surface area contributed by atoms with Crippen LogP contribution in [0, 0.1) is 0 Å². The van der Waals surface area contributed by atoms with Crippen molar-refractivity contribution < 1.29 is 14.2 Å². The summed E-state index contributed by atoms with van der Waals surface area (Å²) in [5.74, 6) is 3.97. The fourth-order valence-electron chi connectivity index (χ4n) is 3.20. The van der Waals surface area contributed by atoms with Crippen molar-refractivity contribution in [1.29, 1.82) is 0 Å². The summed E-state index contributed by atoms with van der Waals surface area (Å²) in [7, 11) is 3.40. The summed E-state index contributed by atoms with van der Waals surface area (Å²) in [5.41, 5.74) is 10.3. The molecule has 4 nitrogen and oxygen atoms in total. The van der Waals surface area contributed by atoms with Crippen LogP contribution in [0.1, 0.15) is 37.3 Å². The zero-order chi connectivity index (χ0) is 20.8. The fraction of sp³-hybridized carbons (Fsp3) is 0.333. The molecule has 0 heterocycles. The highest BCUT2D eigenvalue weighted by Gasteiger charge is 2.17. The lowest BCUT2D eigenvalue weighted by Gasteiger charge is -2.21. The molecule has 0 radical (unpaired) electrons. The lowest BCUT2D eigenvalue weighted by Crippen LogP contribution is -2.06. The first kappa shape index (κ1) is 21.2. The summed E-state index contributed by atoms with van der Waals surface area (Å²) in [6.45, 7) is 5.96. The Morgan fingerprint density at radius 1 is 1.07 bits per heavy atom. The number of rotatable bonds is 9. The molecule has 0 spiro atoms. The Balaban J connectivity index is 1.87. The molecule has 29 heavy (non-hydrogen) atoms. The number of hydrogen-bond acceptors (Lipinski definition) is 5. The maximum Gasteiger partial charge on any atom is 0.169 e. The first-order valence-electron chi connectivity index (χ1n) is 9.76. The molecule has 2 aromatic rings. The van der Waals surface area contributed by atoms with E-state index in [9.17, 15) is 0 Å². The van der Waals surface area contributed by atoms with Gasteiger partial charge in [0.25, 0.3) is 0 Å². The van der Waals surface area contributed by atoms with E-state index >= 15 is 0 Å². The number of benzene rings is 2. The Labute approximate surface area is 177 Å². The number of methoxy groups -OCH3 is 2. The molecule has 2 aromatic carbocycles. The van der Waals surface area contributed by atoms with Gasteiger partial charge < -0.3 is 19.9 Å². The molecule has 154 valence electrons. The van der Waals surface area contributed by atoms with Crippen LogP contribution >= 0.6 is 11.8 Å². The van der Waals surface area contributed by atoms with Crippen LogP contribution in [0.15, 0.2) is 59.2 Å². The minimum absolute atomic E-state index is 0.686. The van der Waals surface area contributed by atoms with Crippen molar-refractivity contribution in [3.63, 3.8) is 0 Å². The van der Waals surface area contributed by atoms with Crippen molar-refractivity contribution in [2.75, 3.05) is 20.0 Å². The van der Waals surface area contributed by atoms with Crippen LogP contribution < -0.4 is 15.2 Å². The highest BCUT2D eigenvalue weighted by molar-refractivity contribution is 8.02. The second kappa shape index (κ2) is 9.79. The maximum atomic E-state index is 6.30. The third kappa shape index (κ3) is 5.51. The van der Waals surface area contributed by atoms with Crippen LogP contribution in [-0.2, 0) is 16.9 Å². The van der Waals surface area contributed by atoms with Gasteiger partial charge >= 0.3 is 0 Å². The summed E-state index contributed by atoms with van der Waals surface area (Å²) >= 11 is 1.67. The normalized spacial score (nSPS) is 12.9. The standard InChI is InChI=1S/C24H29NO3S/c1-16(2)29-15-19-14-20(25)9-11-21(19)28-24-13-17(8-10-22(24)26-3)12-23(27-4)18-6-5-7-18/h8-11,13-14H,1,5-7,12,15,25H2,2-4H3. The van der Waals surface area contributed by atoms with Crippen molar-refractivity contribution in [3.05, 3.63) is 70.3 Å². The second-order valence-electron chi connectivity index (χ2n) is 7.21. The summed E-state index contributed by atoms with van der Waals surface area (Å²) in [6.07, 6.45) is 4.28. The molecule has 1 saturated carbocycles. The molecular weight excluding hydrogens is 382 g/mol. The van der Waals surface area contributed by atoms with E-state index in [1.54, 1.807) is 26.0 Å². The van der Waals surface area contributed by atoms with Gasteiger partial charge in [-0.15, -0.1) is 11.8 Å². The summed E-state index contributed by atoms with van der Waals surface area (Å²) in [6, 6.07) is 11.7. The van der Waals surface area contributed by atoms with E-state index in [1.807, 2.05) is 37.3 Å². The van der Waals surface area contributed by atoms with Gasteiger partial charge in [-0.05, 0) is 72.6 Å². The Morgan fingerprint density at radius 3 is 2.45 bits per heavy atom. The average Bonchev–Trinajstić information content (AvgIpc) is 2.66. The Bertz CT molecular complexity index is 914. The van der Waals surface area contributed by atoms with Crippen molar-refractivity contribution in [2.45, 2.75) is 38.4 Å². The third-order valence-electron chi connectivity index (χ3n) is 4.97. The fourth-order valence-corrected chi connectivity index (χ4v) is 3.83. The largest absolute Gasteiger partial charge is 0.501 e. The van der Waals surface area contributed by atoms with Gasteiger partial charge in [0.05, 0.1) is 20.0 Å². The molecule has 1 fully saturated rings. The molecule has 0 aliphatic heterocycles. The van der Waals surface area contributed by atoms with Crippen molar-refractivity contribution in [2.24, 2.45) is 0 Å². The number of anilines is 1. The van der Waals surface area contributed by atoms with Crippen LogP contribution in [0.5, 0.6) is 17.2 Å². The predicted octanol–water partition coefficient (Wildman–Crippen LogP) is 6.46. The van der Waals surface area contributed by atoms with Crippen LogP contribution in [0.3, 0.4) is 0 Å². The molecule has 0 unspecified atom stereocenters. The van der Waals surface area contributed by atoms with Gasteiger partial charge in [0.2, 0.25) is 0 Å². The molecule has 1 aliphatic rings.